The fourth-order valence-electron chi connectivity index (χ4n) is 1.68. The van der Waals surface area contributed by atoms with Gasteiger partial charge in [-0.3, -0.25) is 0 Å². The van der Waals surface area contributed by atoms with Crippen LogP contribution in [0.2, 0.25) is 0 Å². The summed E-state index contributed by atoms with van der Waals surface area (Å²) in [6, 6.07) is 5.76. The fourth-order valence-corrected chi connectivity index (χ4v) is 2.81. The van der Waals surface area contributed by atoms with Crippen LogP contribution in [0.25, 0.3) is 10.6 Å². The van der Waals surface area contributed by atoms with E-state index in [4.69, 9.17) is 5.26 Å². The molecule has 1 aromatic carbocycles. The lowest BCUT2D eigenvalue weighted by Crippen LogP contribution is -1.90. The Morgan fingerprint density at radius 1 is 1.33 bits per heavy atom. The highest BCUT2D eigenvalue weighted by Gasteiger charge is 2.17. The quantitative estimate of drug-likeness (QED) is 0.847. The van der Waals surface area contributed by atoms with Crippen LogP contribution < -0.4 is 0 Å². The van der Waals surface area contributed by atoms with Crippen LogP contribution >= 0.6 is 11.3 Å². The Morgan fingerprint density at radius 2 is 2.00 bits per heavy atom. The van der Waals surface area contributed by atoms with Crippen molar-refractivity contribution in [3.8, 4) is 16.6 Å². The highest BCUT2D eigenvalue weighted by molar-refractivity contribution is 7.15. The van der Waals surface area contributed by atoms with Crippen molar-refractivity contribution in [2.24, 2.45) is 0 Å². The second-order valence-electron chi connectivity index (χ2n) is 3.67. The number of aryl methyl sites for hydroxylation is 1. The minimum absolute atomic E-state index is 0.110. The van der Waals surface area contributed by atoms with E-state index in [1.54, 1.807) is 0 Å². The molecule has 1 heterocycles. The van der Waals surface area contributed by atoms with Crippen LogP contribution in [-0.4, -0.2) is 4.98 Å². The summed E-state index contributed by atoms with van der Waals surface area (Å²) in [5, 5.41) is 9.01. The highest BCUT2D eigenvalue weighted by atomic mass is 32.1. The molecule has 0 aliphatic rings. The van der Waals surface area contributed by atoms with Crippen molar-refractivity contribution in [3.05, 3.63) is 40.4 Å². The zero-order chi connectivity index (χ0) is 13.1. The van der Waals surface area contributed by atoms with E-state index in [2.05, 4.69) is 4.98 Å². The van der Waals surface area contributed by atoms with Crippen molar-refractivity contribution in [2.75, 3.05) is 0 Å². The Balaban J connectivity index is 2.55. The minimum atomic E-state index is -0.630. The molecule has 92 valence electrons. The van der Waals surface area contributed by atoms with Crippen molar-refractivity contribution in [2.45, 2.75) is 19.8 Å². The molecule has 0 atom stereocenters. The number of benzene rings is 1. The van der Waals surface area contributed by atoms with Gasteiger partial charge < -0.3 is 0 Å². The number of halogens is 2. The lowest BCUT2D eigenvalue weighted by molar-refractivity contribution is 0.589. The molecule has 5 heteroatoms. The molecule has 0 aliphatic carbocycles. The van der Waals surface area contributed by atoms with Gasteiger partial charge >= 0.3 is 0 Å². The lowest BCUT2D eigenvalue weighted by atomic mass is 10.2. The predicted octanol–water partition coefficient (Wildman–Crippen LogP) is 3.72. The maximum Gasteiger partial charge on any atom is 0.136 e. The molecule has 0 amide bonds. The van der Waals surface area contributed by atoms with Gasteiger partial charge in [0.25, 0.3) is 0 Å². The summed E-state index contributed by atoms with van der Waals surface area (Å²) < 4.78 is 27.3. The zero-order valence-electron chi connectivity index (χ0n) is 9.70. The van der Waals surface area contributed by atoms with Crippen LogP contribution in [0.4, 0.5) is 8.78 Å². The van der Waals surface area contributed by atoms with Gasteiger partial charge in [-0.1, -0.05) is 13.0 Å². The average molecular weight is 264 g/mol. The first-order valence-electron chi connectivity index (χ1n) is 5.47. The molecule has 2 aromatic rings. The molecule has 0 aliphatic heterocycles. The SMILES string of the molecule is CCc1nc(-c2c(F)cccc2F)sc1CC#N. The highest BCUT2D eigenvalue weighted by Crippen LogP contribution is 2.32. The van der Waals surface area contributed by atoms with Gasteiger partial charge in [0, 0.05) is 4.88 Å². The Morgan fingerprint density at radius 3 is 2.56 bits per heavy atom. The molecule has 2 rings (SSSR count). The molecule has 0 fully saturated rings. The number of nitriles is 1. The van der Waals surface area contributed by atoms with Crippen LogP contribution in [0.1, 0.15) is 17.5 Å². The number of nitrogens with zero attached hydrogens (tertiary/aromatic N) is 2. The third-order valence-corrected chi connectivity index (χ3v) is 3.64. The van der Waals surface area contributed by atoms with Gasteiger partial charge in [-0.2, -0.15) is 5.26 Å². The molecule has 0 spiro atoms. The monoisotopic (exact) mass is 264 g/mol. The van der Waals surface area contributed by atoms with Crippen LogP contribution in [0.15, 0.2) is 18.2 Å². The second-order valence-corrected chi connectivity index (χ2v) is 4.76. The van der Waals surface area contributed by atoms with E-state index in [0.29, 0.717) is 11.4 Å². The van der Waals surface area contributed by atoms with Crippen LogP contribution in [0.3, 0.4) is 0 Å². The van der Waals surface area contributed by atoms with Gasteiger partial charge in [0.1, 0.15) is 16.6 Å². The third-order valence-electron chi connectivity index (χ3n) is 2.53. The Kier molecular flexibility index (Phi) is 3.68. The summed E-state index contributed by atoms with van der Waals surface area (Å²) in [6.07, 6.45) is 0.862. The lowest BCUT2D eigenvalue weighted by Gasteiger charge is -1.99. The number of hydrogen-bond donors (Lipinski definition) is 0. The van der Waals surface area contributed by atoms with E-state index in [-0.39, 0.29) is 12.0 Å². The van der Waals surface area contributed by atoms with Gasteiger partial charge in [-0.05, 0) is 18.6 Å². The van der Waals surface area contributed by atoms with Crippen molar-refractivity contribution < 1.29 is 8.78 Å². The number of thiazole rings is 1. The summed E-state index contributed by atoms with van der Waals surface area (Å²) in [5.74, 6) is -1.26. The molecule has 0 unspecified atom stereocenters. The largest absolute Gasteiger partial charge is 0.241 e. The van der Waals surface area contributed by atoms with Crippen LogP contribution in [0.5, 0.6) is 0 Å². The van der Waals surface area contributed by atoms with E-state index >= 15 is 0 Å². The molecular formula is C13H10F2N2S. The van der Waals surface area contributed by atoms with Gasteiger partial charge in [0.2, 0.25) is 0 Å². The molecule has 0 radical (unpaired) electrons. The maximum atomic E-state index is 13.6. The van der Waals surface area contributed by atoms with Gasteiger partial charge in [-0.15, -0.1) is 11.3 Å². The van der Waals surface area contributed by atoms with Gasteiger partial charge in [0.05, 0.1) is 23.7 Å². The van der Waals surface area contributed by atoms with Crippen LogP contribution in [-0.2, 0) is 12.8 Å². The Labute approximate surface area is 108 Å². The normalized spacial score (nSPS) is 10.3. The molecule has 0 saturated heterocycles. The van der Waals surface area contributed by atoms with E-state index < -0.39 is 11.6 Å². The van der Waals surface area contributed by atoms with E-state index in [1.807, 2.05) is 13.0 Å². The van der Waals surface area contributed by atoms with Crippen molar-refractivity contribution in [3.63, 3.8) is 0 Å². The first kappa shape index (κ1) is 12.7. The third kappa shape index (κ3) is 2.24. The van der Waals surface area contributed by atoms with Gasteiger partial charge in [-0.25, -0.2) is 13.8 Å². The summed E-state index contributed by atoms with van der Waals surface area (Å²) in [7, 11) is 0. The Bertz CT molecular complexity index is 594. The van der Waals surface area contributed by atoms with E-state index in [1.165, 1.54) is 29.5 Å². The summed E-state index contributed by atoms with van der Waals surface area (Å²) in [5.41, 5.74) is 0.626. The first-order valence-corrected chi connectivity index (χ1v) is 6.29. The molecule has 0 saturated carbocycles. The summed E-state index contributed by atoms with van der Waals surface area (Å²) in [6.45, 7) is 1.90. The molecule has 1 aromatic heterocycles. The average Bonchev–Trinajstić information content (AvgIpc) is 2.72. The van der Waals surface area contributed by atoms with Gasteiger partial charge in [0.15, 0.2) is 0 Å². The second kappa shape index (κ2) is 5.23. The first-order chi connectivity index (χ1) is 8.67. The number of rotatable bonds is 3. The molecule has 0 N–H and O–H groups in total. The van der Waals surface area contributed by atoms with Crippen LogP contribution in [0, 0.1) is 23.0 Å². The van der Waals surface area contributed by atoms with Crippen molar-refractivity contribution in [1.82, 2.24) is 4.98 Å². The summed E-state index contributed by atoms with van der Waals surface area (Å²) >= 11 is 1.18. The zero-order valence-corrected chi connectivity index (χ0v) is 10.5. The molecular weight excluding hydrogens is 254 g/mol. The molecule has 2 nitrogen and oxygen atoms in total. The topological polar surface area (TPSA) is 36.7 Å². The standard InChI is InChI=1S/C13H10F2N2S/c1-2-10-11(6-7-16)18-13(17-10)12-8(14)4-3-5-9(12)15/h3-5H,2,6H2,1H3. The van der Waals surface area contributed by atoms with E-state index in [9.17, 15) is 8.78 Å². The molecule has 18 heavy (non-hydrogen) atoms. The van der Waals surface area contributed by atoms with Crippen molar-refractivity contribution in [1.29, 1.82) is 5.26 Å². The maximum absolute atomic E-state index is 13.6. The fraction of sp³-hybridized carbons (Fsp3) is 0.231. The smallest absolute Gasteiger partial charge is 0.136 e. The minimum Gasteiger partial charge on any atom is -0.241 e. The number of aromatic nitrogens is 1. The van der Waals surface area contributed by atoms with Crippen molar-refractivity contribution >= 4 is 11.3 Å². The number of hydrogen-bond acceptors (Lipinski definition) is 3. The van der Waals surface area contributed by atoms with E-state index in [0.717, 1.165) is 10.6 Å². The predicted molar refractivity (Wildman–Crippen MR) is 66.2 cm³/mol. The Hall–Kier alpha value is -1.80. The summed E-state index contributed by atoms with van der Waals surface area (Å²) in [4.78, 5) is 5.00. The molecule has 0 bridgehead atoms.